The maximum absolute atomic E-state index is 7.59. The molecule has 2 rings (SSSR count). The Morgan fingerprint density at radius 2 is 2.85 bits per heavy atom. The van der Waals surface area contributed by atoms with E-state index < -0.39 is 6.37 Å². The highest BCUT2D eigenvalue weighted by Crippen LogP contribution is 2.24. The van der Waals surface area contributed by atoms with Gasteiger partial charge in [0.1, 0.15) is 10.8 Å². The first-order valence-electron chi connectivity index (χ1n) is 6.18. The molecule has 1 aromatic rings. The van der Waals surface area contributed by atoms with E-state index in [9.17, 15) is 0 Å². The first-order valence-corrected chi connectivity index (χ1v) is 5.25. The van der Waals surface area contributed by atoms with E-state index in [0.717, 1.165) is 30.9 Å². The fraction of sp³-hybridized carbons (Fsp3) is 0.778. The third kappa shape index (κ3) is 2.06. The molecule has 3 nitrogen and oxygen atoms in total. The molecule has 0 radical (unpaired) electrons. The zero-order valence-electron chi connectivity index (χ0n) is 10.4. The number of nitrogens with zero attached hydrogens (tertiary/aromatic N) is 2. The van der Waals surface area contributed by atoms with Crippen LogP contribution in [0.1, 0.15) is 40.6 Å². The minimum absolute atomic E-state index is 0.174. The van der Waals surface area contributed by atoms with Gasteiger partial charge in [0.2, 0.25) is 0 Å². The van der Waals surface area contributed by atoms with Crippen LogP contribution in [0.4, 0.5) is 0 Å². The van der Waals surface area contributed by atoms with Crippen LogP contribution in [-0.2, 0) is 6.37 Å². The average Bonchev–Trinajstić information content (AvgIpc) is 2.80. The molecule has 1 fully saturated rings. The molecule has 0 saturated carbocycles. The lowest BCUT2D eigenvalue weighted by Crippen LogP contribution is -2.28. The maximum Gasteiger partial charge on any atom is 0.142 e. The molecule has 0 unspecified atom stereocenters. The average molecular weight is 200 g/mol. The lowest BCUT2D eigenvalue weighted by molar-refractivity contribution is 0.460. The summed E-state index contributed by atoms with van der Waals surface area (Å²) in [5.74, 6) is 0.537. The fourth-order valence-corrected chi connectivity index (χ4v) is 2.30. The van der Waals surface area contributed by atoms with Crippen molar-refractivity contribution >= 4 is 11.5 Å². The maximum atomic E-state index is 7.59. The Balaban J connectivity index is 2.12. The largest absolute Gasteiger partial charge is 0.316 e. The molecule has 1 saturated heterocycles. The molecule has 1 aliphatic rings. The molecule has 0 bridgehead atoms. The van der Waals surface area contributed by atoms with E-state index in [-0.39, 0.29) is 12.7 Å². The summed E-state index contributed by atoms with van der Waals surface area (Å²) in [6.07, 6.45) is 0.507. The molecule has 1 aromatic heterocycles. The number of hydrogen-bond acceptors (Lipinski definition) is 4. The van der Waals surface area contributed by atoms with Crippen LogP contribution in [0.2, 0.25) is 0 Å². The van der Waals surface area contributed by atoms with Gasteiger partial charge in [-0.1, -0.05) is 6.90 Å². The van der Waals surface area contributed by atoms with Crippen LogP contribution in [0.25, 0.3) is 0 Å². The molecule has 0 spiro atoms. The normalized spacial score (nSPS) is 27.7. The molecule has 1 aliphatic heterocycles. The standard InChI is InChI=1S/C9H15N3S/c1-2-8-11-9(13-12-8)7-4-3-5-10-6-7/h7,10H,2-6H2,1H3/t7-/m0/s1/i1D,2D2. The second-order valence-corrected chi connectivity index (χ2v) is 3.96. The third-order valence-electron chi connectivity index (χ3n) is 2.25. The van der Waals surface area contributed by atoms with Crippen LogP contribution in [0.15, 0.2) is 0 Å². The van der Waals surface area contributed by atoms with Crippen molar-refractivity contribution in [3.63, 3.8) is 0 Å². The Morgan fingerprint density at radius 1 is 1.85 bits per heavy atom. The molecular weight excluding hydrogens is 182 g/mol. The van der Waals surface area contributed by atoms with Gasteiger partial charge in [0, 0.05) is 22.9 Å². The predicted molar refractivity (Wildman–Crippen MR) is 54.1 cm³/mol. The van der Waals surface area contributed by atoms with Crippen LogP contribution in [0.3, 0.4) is 0 Å². The zero-order chi connectivity index (χ0) is 11.6. The Hall–Kier alpha value is -0.480. The highest BCUT2D eigenvalue weighted by molar-refractivity contribution is 7.05. The van der Waals surface area contributed by atoms with Gasteiger partial charge in [-0.25, -0.2) is 4.98 Å². The monoisotopic (exact) mass is 200 g/mol. The van der Waals surface area contributed by atoms with Crippen LogP contribution >= 0.6 is 11.5 Å². The van der Waals surface area contributed by atoms with Crippen LogP contribution in [0.5, 0.6) is 0 Å². The summed E-state index contributed by atoms with van der Waals surface area (Å²) < 4.78 is 26.4. The molecule has 13 heavy (non-hydrogen) atoms. The van der Waals surface area contributed by atoms with E-state index in [2.05, 4.69) is 14.7 Å². The van der Waals surface area contributed by atoms with E-state index in [0.29, 0.717) is 5.92 Å². The van der Waals surface area contributed by atoms with Gasteiger partial charge in [-0.15, -0.1) is 0 Å². The summed E-state index contributed by atoms with van der Waals surface area (Å²) in [5, 5.41) is 4.21. The van der Waals surface area contributed by atoms with E-state index in [4.69, 9.17) is 4.11 Å². The minimum atomic E-state index is -1.71. The van der Waals surface area contributed by atoms with Crippen molar-refractivity contribution in [1.29, 1.82) is 0 Å². The van der Waals surface area contributed by atoms with E-state index >= 15 is 0 Å². The van der Waals surface area contributed by atoms with Gasteiger partial charge in [-0.2, -0.15) is 4.37 Å². The predicted octanol–water partition coefficient (Wildman–Crippen LogP) is 1.57. The summed E-state index contributed by atoms with van der Waals surface area (Å²) in [7, 11) is 0. The molecule has 0 aliphatic carbocycles. The van der Waals surface area contributed by atoms with Crippen molar-refractivity contribution in [2.75, 3.05) is 13.1 Å². The summed E-state index contributed by atoms with van der Waals surface area (Å²) in [6, 6.07) is 0. The molecule has 1 N–H and O–H groups in total. The molecule has 0 aromatic carbocycles. The van der Waals surface area contributed by atoms with Crippen LogP contribution < -0.4 is 5.32 Å². The molecule has 4 heteroatoms. The van der Waals surface area contributed by atoms with Gasteiger partial charge in [0.25, 0.3) is 0 Å². The van der Waals surface area contributed by atoms with Gasteiger partial charge in [0.15, 0.2) is 0 Å². The van der Waals surface area contributed by atoms with Crippen LogP contribution in [-0.4, -0.2) is 22.4 Å². The summed E-state index contributed by atoms with van der Waals surface area (Å²) >= 11 is 1.27. The first-order chi connectivity index (χ1) is 7.63. The topological polar surface area (TPSA) is 37.8 Å². The molecular formula is C9H15N3S. The summed E-state index contributed by atoms with van der Waals surface area (Å²) in [4.78, 5) is 4.25. The zero-order valence-corrected chi connectivity index (χ0v) is 8.23. The minimum Gasteiger partial charge on any atom is -0.316 e. The Morgan fingerprint density at radius 3 is 3.62 bits per heavy atom. The van der Waals surface area contributed by atoms with E-state index in [1.807, 2.05) is 0 Å². The van der Waals surface area contributed by atoms with Crippen molar-refractivity contribution in [3.05, 3.63) is 10.8 Å². The highest BCUT2D eigenvalue weighted by Gasteiger charge is 2.18. The SMILES string of the molecule is [2H]CC([2H])([2H])c1nsc([C@H]2CCCNC2)n1. The third-order valence-corrected chi connectivity index (χ3v) is 3.12. The number of rotatable bonds is 2. The quantitative estimate of drug-likeness (QED) is 0.787. The Kier molecular flexibility index (Phi) is 1.95. The van der Waals surface area contributed by atoms with E-state index in [1.54, 1.807) is 0 Å². The Bertz CT molecular complexity index is 350. The lowest BCUT2D eigenvalue weighted by atomic mass is 10.0. The molecule has 1 atom stereocenters. The van der Waals surface area contributed by atoms with Crippen molar-refractivity contribution in [1.82, 2.24) is 14.7 Å². The molecule has 0 amide bonds. The van der Waals surface area contributed by atoms with Gasteiger partial charge >= 0.3 is 0 Å². The fourth-order valence-electron chi connectivity index (χ4n) is 1.54. The van der Waals surface area contributed by atoms with Gasteiger partial charge in [0.05, 0.1) is 0 Å². The van der Waals surface area contributed by atoms with Gasteiger partial charge in [-0.3, -0.25) is 0 Å². The number of aryl methyl sites for hydroxylation is 1. The Labute approximate surface area is 87.0 Å². The molecule has 2 heterocycles. The van der Waals surface area contributed by atoms with E-state index in [1.165, 1.54) is 11.5 Å². The van der Waals surface area contributed by atoms with Gasteiger partial charge < -0.3 is 5.32 Å². The smallest absolute Gasteiger partial charge is 0.142 e. The van der Waals surface area contributed by atoms with Gasteiger partial charge in [-0.05, 0) is 30.9 Å². The molecule has 72 valence electrons. The van der Waals surface area contributed by atoms with Crippen molar-refractivity contribution in [3.8, 4) is 0 Å². The van der Waals surface area contributed by atoms with Crippen molar-refractivity contribution in [2.24, 2.45) is 0 Å². The second-order valence-electron chi connectivity index (χ2n) is 3.18. The van der Waals surface area contributed by atoms with Crippen molar-refractivity contribution in [2.45, 2.75) is 32.0 Å². The lowest BCUT2D eigenvalue weighted by Gasteiger charge is -2.19. The first kappa shape index (κ1) is 6.09. The highest BCUT2D eigenvalue weighted by atomic mass is 32.1. The number of aromatic nitrogens is 2. The number of piperidine rings is 1. The number of hydrogen-bond donors (Lipinski definition) is 1. The number of nitrogens with one attached hydrogen (secondary N) is 1. The summed E-state index contributed by atoms with van der Waals surface area (Å²) in [6.45, 7) is 1.63. The summed E-state index contributed by atoms with van der Waals surface area (Å²) in [5.41, 5.74) is 0. The second kappa shape index (κ2) is 4.15. The van der Waals surface area contributed by atoms with Crippen LogP contribution in [0, 0.1) is 0 Å². The van der Waals surface area contributed by atoms with Crippen molar-refractivity contribution < 1.29 is 4.11 Å².